The van der Waals surface area contributed by atoms with E-state index >= 15 is 0 Å². The van der Waals surface area contributed by atoms with Crippen LogP contribution in [0.2, 0.25) is 0 Å². The second-order valence-corrected chi connectivity index (χ2v) is 5.16. The molecule has 2 aromatic rings. The van der Waals surface area contributed by atoms with Gasteiger partial charge in [0.2, 0.25) is 0 Å². The molecule has 0 saturated heterocycles. The highest BCUT2D eigenvalue weighted by atomic mass is 16.5. The molecule has 0 bridgehead atoms. The SMILES string of the molecule is COC(=O)c1ccc(CNC(=O)C(C)Oc2ccc(O)cc2)cc1. The predicted octanol–water partition coefficient (Wildman–Crippen LogP) is 2.26. The molecule has 126 valence electrons. The van der Waals surface area contributed by atoms with Gasteiger partial charge in [0, 0.05) is 6.54 Å². The highest BCUT2D eigenvalue weighted by Crippen LogP contribution is 2.17. The zero-order valence-corrected chi connectivity index (χ0v) is 13.5. The fourth-order valence-corrected chi connectivity index (χ4v) is 1.99. The van der Waals surface area contributed by atoms with E-state index in [1.165, 1.54) is 19.2 Å². The Morgan fingerprint density at radius 2 is 1.71 bits per heavy atom. The van der Waals surface area contributed by atoms with Crippen LogP contribution in [0, 0.1) is 0 Å². The summed E-state index contributed by atoms with van der Waals surface area (Å²) in [4.78, 5) is 23.4. The molecule has 0 spiro atoms. The Hall–Kier alpha value is -3.02. The Bertz CT molecular complexity index is 694. The standard InChI is InChI=1S/C18H19NO5/c1-12(24-16-9-7-15(20)8-10-16)17(21)19-11-13-3-5-14(6-4-13)18(22)23-2/h3-10,12,20H,11H2,1-2H3,(H,19,21). The van der Waals surface area contributed by atoms with Crippen LogP contribution in [0.5, 0.6) is 11.5 Å². The van der Waals surface area contributed by atoms with Crippen LogP contribution in [-0.4, -0.2) is 30.2 Å². The molecule has 24 heavy (non-hydrogen) atoms. The maximum Gasteiger partial charge on any atom is 0.337 e. The first-order valence-electron chi connectivity index (χ1n) is 7.40. The van der Waals surface area contributed by atoms with Crippen LogP contribution < -0.4 is 10.1 Å². The first kappa shape index (κ1) is 17.3. The lowest BCUT2D eigenvalue weighted by Crippen LogP contribution is -2.35. The summed E-state index contributed by atoms with van der Waals surface area (Å²) < 4.78 is 10.1. The van der Waals surface area contributed by atoms with Gasteiger partial charge in [0.25, 0.3) is 5.91 Å². The summed E-state index contributed by atoms with van der Waals surface area (Å²) in [5.74, 6) is -0.0330. The summed E-state index contributed by atoms with van der Waals surface area (Å²) in [5, 5.41) is 12.0. The number of phenols is 1. The van der Waals surface area contributed by atoms with Gasteiger partial charge in [-0.05, 0) is 48.9 Å². The minimum Gasteiger partial charge on any atom is -0.508 e. The van der Waals surface area contributed by atoms with Gasteiger partial charge < -0.3 is 19.9 Å². The summed E-state index contributed by atoms with van der Waals surface area (Å²) in [7, 11) is 1.33. The molecule has 6 heteroatoms. The zero-order valence-electron chi connectivity index (χ0n) is 13.5. The average molecular weight is 329 g/mol. The number of hydrogen-bond donors (Lipinski definition) is 2. The van der Waals surface area contributed by atoms with Gasteiger partial charge in [-0.3, -0.25) is 4.79 Å². The van der Waals surface area contributed by atoms with Crippen molar-refractivity contribution in [1.29, 1.82) is 0 Å². The number of ether oxygens (including phenoxy) is 2. The van der Waals surface area contributed by atoms with Crippen molar-refractivity contribution in [2.75, 3.05) is 7.11 Å². The monoisotopic (exact) mass is 329 g/mol. The van der Waals surface area contributed by atoms with E-state index in [1.54, 1.807) is 43.3 Å². The highest BCUT2D eigenvalue weighted by Gasteiger charge is 2.14. The molecule has 0 aliphatic heterocycles. The van der Waals surface area contributed by atoms with Gasteiger partial charge in [0.05, 0.1) is 12.7 Å². The number of amides is 1. The third kappa shape index (κ3) is 4.74. The summed E-state index contributed by atoms with van der Waals surface area (Å²) in [6, 6.07) is 12.9. The molecular weight excluding hydrogens is 310 g/mol. The zero-order chi connectivity index (χ0) is 17.5. The van der Waals surface area contributed by atoms with Crippen LogP contribution in [0.1, 0.15) is 22.8 Å². The molecule has 2 N–H and O–H groups in total. The molecule has 0 saturated carbocycles. The van der Waals surface area contributed by atoms with E-state index in [9.17, 15) is 14.7 Å². The number of rotatable bonds is 6. The lowest BCUT2D eigenvalue weighted by atomic mass is 10.1. The van der Waals surface area contributed by atoms with E-state index in [0.717, 1.165) is 5.56 Å². The number of aromatic hydroxyl groups is 1. The van der Waals surface area contributed by atoms with Crippen LogP contribution in [0.4, 0.5) is 0 Å². The fraction of sp³-hybridized carbons (Fsp3) is 0.222. The number of esters is 1. The average Bonchev–Trinajstić information content (AvgIpc) is 2.61. The highest BCUT2D eigenvalue weighted by molar-refractivity contribution is 5.89. The minimum atomic E-state index is -0.677. The van der Waals surface area contributed by atoms with Crippen molar-refractivity contribution in [2.24, 2.45) is 0 Å². The summed E-state index contributed by atoms with van der Waals surface area (Å²) in [6.45, 7) is 1.96. The number of benzene rings is 2. The van der Waals surface area contributed by atoms with E-state index in [4.69, 9.17) is 4.74 Å². The third-order valence-electron chi connectivity index (χ3n) is 3.36. The quantitative estimate of drug-likeness (QED) is 0.794. The predicted molar refractivity (Wildman–Crippen MR) is 87.8 cm³/mol. The molecule has 0 fully saturated rings. The molecule has 1 atom stereocenters. The van der Waals surface area contributed by atoms with Crippen molar-refractivity contribution in [3.8, 4) is 11.5 Å². The first-order valence-corrected chi connectivity index (χ1v) is 7.40. The van der Waals surface area contributed by atoms with Crippen molar-refractivity contribution in [1.82, 2.24) is 5.32 Å². The summed E-state index contributed by atoms with van der Waals surface area (Å²) in [5.41, 5.74) is 1.31. The van der Waals surface area contributed by atoms with Crippen molar-refractivity contribution in [3.05, 3.63) is 59.7 Å². The van der Waals surface area contributed by atoms with Gasteiger partial charge >= 0.3 is 5.97 Å². The molecule has 1 amide bonds. The molecule has 1 unspecified atom stereocenters. The molecule has 2 aromatic carbocycles. The molecule has 0 heterocycles. The Morgan fingerprint density at radius 1 is 1.08 bits per heavy atom. The number of nitrogens with one attached hydrogen (secondary N) is 1. The lowest BCUT2D eigenvalue weighted by molar-refractivity contribution is -0.127. The Morgan fingerprint density at radius 3 is 2.29 bits per heavy atom. The maximum absolute atomic E-state index is 12.0. The summed E-state index contributed by atoms with van der Waals surface area (Å²) in [6.07, 6.45) is -0.677. The van der Waals surface area contributed by atoms with Crippen molar-refractivity contribution < 1.29 is 24.2 Å². The first-order chi connectivity index (χ1) is 11.5. The van der Waals surface area contributed by atoms with Gasteiger partial charge in [-0.15, -0.1) is 0 Å². The molecule has 0 aliphatic rings. The van der Waals surface area contributed by atoms with E-state index in [1.807, 2.05) is 0 Å². The lowest BCUT2D eigenvalue weighted by Gasteiger charge is -2.15. The van der Waals surface area contributed by atoms with E-state index in [-0.39, 0.29) is 11.7 Å². The third-order valence-corrected chi connectivity index (χ3v) is 3.36. The van der Waals surface area contributed by atoms with Crippen molar-refractivity contribution in [3.63, 3.8) is 0 Å². The second kappa shape index (κ2) is 8.01. The van der Waals surface area contributed by atoms with Gasteiger partial charge in [-0.25, -0.2) is 4.79 Å². The molecular formula is C18H19NO5. The van der Waals surface area contributed by atoms with Gasteiger partial charge in [-0.1, -0.05) is 12.1 Å². The van der Waals surface area contributed by atoms with Crippen LogP contribution in [0.15, 0.2) is 48.5 Å². The largest absolute Gasteiger partial charge is 0.508 e. The molecule has 0 aliphatic carbocycles. The fourth-order valence-electron chi connectivity index (χ4n) is 1.99. The Balaban J connectivity index is 1.85. The van der Waals surface area contributed by atoms with Crippen LogP contribution in [-0.2, 0) is 16.1 Å². The molecule has 6 nitrogen and oxygen atoms in total. The van der Waals surface area contributed by atoms with Crippen molar-refractivity contribution >= 4 is 11.9 Å². The number of carbonyl (C=O) groups excluding carboxylic acids is 2. The van der Waals surface area contributed by atoms with Crippen LogP contribution >= 0.6 is 0 Å². The summed E-state index contributed by atoms with van der Waals surface area (Å²) >= 11 is 0. The Kier molecular flexibility index (Phi) is 5.78. The normalized spacial score (nSPS) is 11.4. The van der Waals surface area contributed by atoms with Gasteiger partial charge in [-0.2, -0.15) is 0 Å². The molecule has 0 aromatic heterocycles. The molecule has 0 radical (unpaired) electrons. The number of methoxy groups -OCH3 is 1. The number of hydrogen-bond acceptors (Lipinski definition) is 5. The number of carbonyl (C=O) groups is 2. The maximum atomic E-state index is 12.0. The van der Waals surface area contributed by atoms with Gasteiger partial charge in [0.1, 0.15) is 11.5 Å². The second-order valence-electron chi connectivity index (χ2n) is 5.16. The van der Waals surface area contributed by atoms with Crippen molar-refractivity contribution in [2.45, 2.75) is 19.6 Å². The van der Waals surface area contributed by atoms with E-state index in [0.29, 0.717) is 17.9 Å². The van der Waals surface area contributed by atoms with Crippen LogP contribution in [0.25, 0.3) is 0 Å². The minimum absolute atomic E-state index is 0.134. The van der Waals surface area contributed by atoms with E-state index < -0.39 is 12.1 Å². The van der Waals surface area contributed by atoms with Crippen LogP contribution in [0.3, 0.4) is 0 Å². The van der Waals surface area contributed by atoms with Gasteiger partial charge in [0.15, 0.2) is 6.10 Å². The topological polar surface area (TPSA) is 84.9 Å². The number of phenolic OH excluding ortho intramolecular Hbond substituents is 1. The molecule has 2 rings (SSSR count). The smallest absolute Gasteiger partial charge is 0.337 e. The Labute approximate surface area is 140 Å². The van der Waals surface area contributed by atoms with E-state index in [2.05, 4.69) is 10.1 Å².